The van der Waals surface area contributed by atoms with Crippen LogP contribution in [0, 0.1) is 5.92 Å². The van der Waals surface area contributed by atoms with Crippen LogP contribution in [0.25, 0.3) is 0 Å². The second-order valence-corrected chi connectivity index (χ2v) is 13.0. The van der Waals surface area contributed by atoms with Crippen molar-refractivity contribution in [3.05, 3.63) is 98.0 Å². The van der Waals surface area contributed by atoms with Gasteiger partial charge in [0, 0.05) is 16.5 Å². The number of esters is 1. The molecule has 3 aromatic carbocycles. The Kier molecular flexibility index (Phi) is 9.26. The monoisotopic (exact) mass is 713 g/mol. The quantitative estimate of drug-likeness (QED) is 0.171. The number of H-pyrrole nitrogens is 1. The third-order valence-electron chi connectivity index (χ3n) is 7.86. The number of hydrogen-bond acceptors (Lipinski definition) is 10. The van der Waals surface area contributed by atoms with Crippen LogP contribution in [0.15, 0.2) is 76.6 Å². The van der Waals surface area contributed by atoms with E-state index in [0.29, 0.717) is 31.6 Å². The van der Waals surface area contributed by atoms with Crippen LogP contribution >= 0.6 is 23.1 Å². The summed E-state index contributed by atoms with van der Waals surface area (Å²) in [6.45, 7) is 1.49. The van der Waals surface area contributed by atoms with Gasteiger partial charge in [-0.3, -0.25) is 19.2 Å². The predicted molar refractivity (Wildman–Crippen MR) is 173 cm³/mol. The van der Waals surface area contributed by atoms with Crippen LogP contribution in [0.4, 0.5) is 24.5 Å². The Morgan fingerprint density at radius 1 is 0.980 bits per heavy atom. The fraction of sp³-hybridized carbons (Fsp3) is 0.242. The van der Waals surface area contributed by atoms with E-state index in [4.69, 9.17) is 14.2 Å². The number of methoxy groups -OCH3 is 1. The number of ether oxygens (including phenoxy) is 3. The fourth-order valence-electron chi connectivity index (χ4n) is 5.76. The lowest BCUT2D eigenvalue weighted by molar-refractivity contribution is -0.137. The molecule has 2 aliphatic heterocycles. The van der Waals surface area contributed by atoms with E-state index in [-0.39, 0.29) is 18.1 Å². The minimum atomic E-state index is -4.82. The van der Waals surface area contributed by atoms with Crippen LogP contribution in [0.1, 0.15) is 39.2 Å². The number of thioether (sulfide) groups is 1. The topological polar surface area (TPSA) is 144 Å². The van der Waals surface area contributed by atoms with E-state index in [9.17, 15) is 37.1 Å². The molecule has 0 saturated carbocycles. The molecule has 6 rings (SSSR count). The largest absolute Gasteiger partial charge is 0.493 e. The van der Waals surface area contributed by atoms with Gasteiger partial charge in [0.15, 0.2) is 18.1 Å². The minimum Gasteiger partial charge on any atom is -0.493 e. The van der Waals surface area contributed by atoms with Crippen molar-refractivity contribution in [1.82, 2.24) is 4.98 Å². The summed E-state index contributed by atoms with van der Waals surface area (Å²) in [6.07, 6.45) is -4.82. The van der Waals surface area contributed by atoms with Crippen LogP contribution in [0.2, 0.25) is 0 Å². The van der Waals surface area contributed by atoms with Crippen LogP contribution in [0.5, 0.6) is 11.5 Å². The highest BCUT2D eigenvalue weighted by molar-refractivity contribution is 8.00. The molecule has 254 valence electrons. The van der Waals surface area contributed by atoms with Crippen molar-refractivity contribution in [3.8, 4) is 11.5 Å². The number of alkyl halides is 3. The number of imide groups is 1. The van der Waals surface area contributed by atoms with Crippen LogP contribution in [0.3, 0.4) is 0 Å². The molecule has 0 bridgehead atoms. The second-order valence-electron chi connectivity index (χ2n) is 10.8. The Morgan fingerprint density at radius 3 is 2.41 bits per heavy atom. The van der Waals surface area contributed by atoms with Crippen LogP contribution < -0.4 is 24.6 Å². The number of nitrogens with zero attached hydrogens (tertiary/aromatic N) is 1. The summed E-state index contributed by atoms with van der Waals surface area (Å²) in [5.41, 5.74) is -0.511. The number of aromatic amines is 1. The molecule has 1 aromatic heterocycles. The Balaban J connectivity index is 1.25. The van der Waals surface area contributed by atoms with Crippen molar-refractivity contribution in [2.75, 3.05) is 30.5 Å². The van der Waals surface area contributed by atoms with Crippen molar-refractivity contribution in [3.63, 3.8) is 0 Å². The number of rotatable bonds is 9. The molecule has 16 heteroatoms. The molecule has 3 atom stereocenters. The lowest BCUT2D eigenvalue weighted by atomic mass is 9.83. The van der Waals surface area contributed by atoms with Gasteiger partial charge in [0.1, 0.15) is 5.25 Å². The number of fused-ring (bicyclic) bond motifs is 2. The van der Waals surface area contributed by atoms with Crippen molar-refractivity contribution in [2.45, 2.75) is 29.3 Å². The summed E-state index contributed by atoms with van der Waals surface area (Å²) in [4.78, 5) is 67.9. The average molecular weight is 714 g/mol. The summed E-state index contributed by atoms with van der Waals surface area (Å²) in [6, 6.07) is 15.1. The number of halogens is 3. The third kappa shape index (κ3) is 6.53. The first-order chi connectivity index (χ1) is 23.4. The van der Waals surface area contributed by atoms with E-state index in [1.165, 1.54) is 55.6 Å². The van der Waals surface area contributed by atoms with Gasteiger partial charge in [0.2, 0.25) is 11.8 Å². The number of carbonyl (C=O) groups excluding carboxylic acids is 4. The van der Waals surface area contributed by atoms with Gasteiger partial charge >= 0.3 is 17.0 Å². The molecule has 11 nitrogen and oxygen atoms in total. The van der Waals surface area contributed by atoms with Gasteiger partial charge in [-0.25, -0.2) is 9.69 Å². The summed E-state index contributed by atoms with van der Waals surface area (Å²) >= 11 is 1.78. The summed E-state index contributed by atoms with van der Waals surface area (Å²) in [7, 11) is 1.36. The number of para-hydroxylation sites is 1. The first-order valence-corrected chi connectivity index (χ1v) is 16.4. The lowest BCUT2D eigenvalue weighted by Gasteiger charge is -2.30. The summed E-state index contributed by atoms with van der Waals surface area (Å²) < 4.78 is 58.0. The standard InChI is InChI=1S/C33H26F3N3O8S2/c1-3-46-31(43)16-8-11-18(12-9-16)37-23(40)15-47-21-13-10-17(14-22(21)45-2)24-25-27(48-28-26(24)49-32(44)38-28)30(42)39(29(25)41)20-7-5-4-6-19(20)33(34,35)36/h4-14,24-25,27H,3,15H2,1-2H3,(H,37,40)(H,38,44)/t24-,25?,27?/m1/s1. The molecule has 0 aliphatic carbocycles. The molecule has 3 amide bonds. The highest BCUT2D eigenvalue weighted by Gasteiger charge is 2.57. The van der Waals surface area contributed by atoms with E-state index in [2.05, 4.69) is 10.3 Å². The lowest BCUT2D eigenvalue weighted by Crippen LogP contribution is -2.33. The number of amides is 3. The molecule has 1 fully saturated rings. The number of benzene rings is 3. The minimum absolute atomic E-state index is 0.165. The number of thiazole rings is 1. The SMILES string of the molecule is CCOC(=O)c1ccc(NC(=O)COc2ccc([C@H]3c4sc(=O)[nH]c4SC4C(=O)N(c5ccccc5C(F)(F)F)C(=O)C43)cc2OC)cc1. The number of carbonyl (C=O) groups is 4. The average Bonchev–Trinajstić information content (AvgIpc) is 3.57. The fourth-order valence-corrected chi connectivity index (χ4v) is 8.28. The Labute approximate surface area is 284 Å². The predicted octanol–water partition coefficient (Wildman–Crippen LogP) is 5.45. The second kappa shape index (κ2) is 13.4. The summed E-state index contributed by atoms with van der Waals surface area (Å²) in [5.74, 6) is -4.37. The molecule has 0 spiro atoms. The maximum absolute atomic E-state index is 14.0. The van der Waals surface area contributed by atoms with E-state index >= 15 is 0 Å². The molecule has 2 aliphatic rings. The normalized spacial score (nSPS) is 18.5. The Hall–Kier alpha value is -5.09. The van der Waals surface area contributed by atoms with Crippen LogP contribution in [-0.2, 0) is 25.3 Å². The van der Waals surface area contributed by atoms with Gasteiger partial charge < -0.3 is 24.5 Å². The maximum Gasteiger partial charge on any atom is 0.418 e. The van der Waals surface area contributed by atoms with Gasteiger partial charge in [0.25, 0.3) is 5.91 Å². The molecule has 2 unspecified atom stereocenters. The zero-order valence-electron chi connectivity index (χ0n) is 25.7. The molecule has 2 N–H and O–H groups in total. The smallest absolute Gasteiger partial charge is 0.418 e. The Morgan fingerprint density at radius 2 is 1.71 bits per heavy atom. The zero-order chi connectivity index (χ0) is 35.0. The van der Waals surface area contributed by atoms with Crippen molar-refractivity contribution in [2.24, 2.45) is 5.92 Å². The number of anilines is 2. The van der Waals surface area contributed by atoms with E-state index in [1.54, 1.807) is 13.0 Å². The van der Waals surface area contributed by atoms with Gasteiger partial charge in [-0.15, -0.1) is 0 Å². The molecular formula is C33H26F3N3O8S2. The molecule has 0 radical (unpaired) electrons. The highest BCUT2D eigenvalue weighted by atomic mass is 32.2. The zero-order valence-corrected chi connectivity index (χ0v) is 27.3. The van der Waals surface area contributed by atoms with Gasteiger partial charge in [-0.2, -0.15) is 13.2 Å². The number of hydrogen-bond donors (Lipinski definition) is 2. The van der Waals surface area contributed by atoms with E-state index < -0.39 is 69.7 Å². The van der Waals surface area contributed by atoms with Crippen molar-refractivity contribution >= 4 is 58.2 Å². The van der Waals surface area contributed by atoms with Crippen molar-refractivity contribution < 1.29 is 46.6 Å². The summed E-state index contributed by atoms with van der Waals surface area (Å²) in [5, 5.41) is 1.88. The highest BCUT2D eigenvalue weighted by Crippen LogP contribution is 2.54. The van der Waals surface area contributed by atoms with Gasteiger partial charge in [-0.05, 0) is 61.0 Å². The first-order valence-electron chi connectivity index (χ1n) is 14.7. The van der Waals surface area contributed by atoms with Crippen LogP contribution in [-0.4, -0.2) is 54.2 Å². The van der Waals surface area contributed by atoms with E-state index in [0.717, 1.165) is 35.2 Å². The van der Waals surface area contributed by atoms with E-state index in [1.807, 2.05) is 0 Å². The first kappa shape index (κ1) is 33.8. The maximum atomic E-state index is 14.0. The number of nitrogens with one attached hydrogen (secondary N) is 2. The third-order valence-corrected chi connectivity index (χ3v) is 10.3. The molecule has 3 heterocycles. The molecule has 4 aromatic rings. The Bertz CT molecular complexity index is 2010. The molecule has 1 saturated heterocycles. The number of aromatic nitrogens is 1. The van der Waals surface area contributed by atoms with Crippen molar-refractivity contribution in [1.29, 1.82) is 0 Å². The van der Waals surface area contributed by atoms with Gasteiger partial charge in [0.05, 0.1) is 41.5 Å². The molecular weight excluding hydrogens is 688 g/mol. The molecule has 49 heavy (non-hydrogen) atoms. The van der Waals surface area contributed by atoms with Gasteiger partial charge in [-0.1, -0.05) is 41.3 Å².